The summed E-state index contributed by atoms with van der Waals surface area (Å²) in [5.74, 6) is 0.259. The summed E-state index contributed by atoms with van der Waals surface area (Å²) in [6.07, 6.45) is 2.00. The third-order valence-electron chi connectivity index (χ3n) is 4.45. The van der Waals surface area contributed by atoms with Crippen LogP contribution in [0.2, 0.25) is 0 Å². The monoisotopic (exact) mass is 269 g/mol. The Bertz CT molecular complexity index is 318. The van der Waals surface area contributed by atoms with Gasteiger partial charge in [-0.1, -0.05) is 13.8 Å². The number of amides is 1. The first-order valence-corrected chi connectivity index (χ1v) is 7.49. The number of ether oxygens (including phenoxy) is 1. The Kier molecular flexibility index (Phi) is 4.81. The molecule has 2 fully saturated rings. The summed E-state index contributed by atoms with van der Waals surface area (Å²) in [6, 6.07) is 0. The van der Waals surface area contributed by atoms with Crippen molar-refractivity contribution < 1.29 is 9.53 Å². The normalized spacial score (nSPS) is 33.1. The van der Waals surface area contributed by atoms with Crippen molar-refractivity contribution in [2.24, 2.45) is 0 Å². The van der Waals surface area contributed by atoms with E-state index in [0.717, 1.165) is 52.2 Å². The molecule has 2 heterocycles. The van der Waals surface area contributed by atoms with Gasteiger partial charge < -0.3 is 9.64 Å². The molecule has 0 aromatic carbocycles. The van der Waals surface area contributed by atoms with Gasteiger partial charge >= 0.3 is 0 Å². The molecule has 0 spiro atoms. The molecule has 5 heteroatoms. The Morgan fingerprint density at radius 3 is 2.58 bits per heavy atom. The van der Waals surface area contributed by atoms with E-state index in [-0.39, 0.29) is 17.6 Å². The lowest BCUT2D eigenvalue weighted by Gasteiger charge is -2.30. The molecule has 5 nitrogen and oxygen atoms in total. The number of hydrogen-bond donors (Lipinski definition) is 1. The molecule has 0 aliphatic carbocycles. The van der Waals surface area contributed by atoms with E-state index in [9.17, 15) is 4.79 Å². The Morgan fingerprint density at radius 2 is 2.00 bits per heavy atom. The minimum Gasteiger partial charge on any atom is -0.379 e. The van der Waals surface area contributed by atoms with Crippen molar-refractivity contribution in [1.82, 2.24) is 15.1 Å². The third kappa shape index (κ3) is 3.09. The lowest BCUT2D eigenvalue weighted by Crippen LogP contribution is -2.45. The fraction of sp³-hybridized carbons (Fsp3) is 0.929. The quantitative estimate of drug-likeness (QED) is 0.796. The number of nitrogens with one attached hydrogen (secondary N) is 1. The van der Waals surface area contributed by atoms with Gasteiger partial charge in [-0.15, -0.1) is 0 Å². The largest absolute Gasteiger partial charge is 0.379 e. The average molecular weight is 269 g/mol. The van der Waals surface area contributed by atoms with Gasteiger partial charge in [-0.05, 0) is 19.8 Å². The van der Waals surface area contributed by atoms with Crippen molar-refractivity contribution in [1.29, 1.82) is 0 Å². The van der Waals surface area contributed by atoms with Crippen LogP contribution in [0.1, 0.15) is 33.6 Å². The molecule has 2 atom stereocenters. The topological polar surface area (TPSA) is 44.8 Å². The fourth-order valence-electron chi connectivity index (χ4n) is 2.87. The second-order valence-electron chi connectivity index (χ2n) is 5.71. The van der Waals surface area contributed by atoms with Crippen LogP contribution in [0.5, 0.6) is 0 Å². The summed E-state index contributed by atoms with van der Waals surface area (Å²) in [7, 11) is 0. The van der Waals surface area contributed by atoms with E-state index in [1.807, 2.05) is 11.8 Å². The molecule has 0 saturated carbocycles. The summed E-state index contributed by atoms with van der Waals surface area (Å²) in [5.41, 5.74) is -0.369. The summed E-state index contributed by atoms with van der Waals surface area (Å²) in [4.78, 5) is 16.9. The van der Waals surface area contributed by atoms with Crippen LogP contribution >= 0.6 is 0 Å². The molecule has 2 rings (SSSR count). The molecule has 0 aromatic heterocycles. The smallest absolute Gasteiger partial charge is 0.243 e. The maximum absolute atomic E-state index is 12.5. The predicted octanol–water partition coefficient (Wildman–Crippen LogP) is 0.655. The number of carbonyl (C=O) groups excluding carboxylic acids is 1. The van der Waals surface area contributed by atoms with Crippen molar-refractivity contribution in [3.63, 3.8) is 0 Å². The molecule has 19 heavy (non-hydrogen) atoms. The lowest BCUT2D eigenvalue weighted by molar-refractivity contribution is -0.133. The molecule has 2 aliphatic heterocycles. The Morgan fingerprint density at radius 1 is 1.32 bits per heavy atom. The molecule has 1 N–H and O–H groups in total. The van der Waals surface area contributed by atoms with Gasteiger partial charge in [0.15, 0.2) is 0 Å². The van der Waals surface area contributed by atoms with Crippen LogP contribution in [0.4, 0.5) is 0 Å². The molecule has 0 bridgehead atoms. The average Bonchev–Trinajstić information content (AvgIpc) is 2.70. The van der Waals surface area contributed by atoms with Gasteiger partial charge in [-0.3, -0.25) is 15.0 Å². The predicted molar refractivity (Wildman–Crippen MR) is 74.9 cm³/mol. The number of nitrogens with zero attached hydrogens (tertiary/aromatic N) is 2. The molecule has 0 aromatic rings. The van der Waals surface area contributed by atoms with Gasteiger partial charge in [-0.2, -0.15) is 0 Å². The van der Waals surface area contributed by atoms with Crippen molar-refractivity contribution in [3.8, 4) is 0 Å². The summed E-state index contributed by atoms with van der Waals surface area (Å²) >= 11 is 0. The maximum Gasteiger partial charge on any atom is 0.243 e. The lowest BCUT2D eigenvalue weighted by atomic mass is 9.99. The van der Waals surface area contributed by atoms with E-state index in [0.29, 0.717) is 0 Å². The number of morpholine rings is 1. The van der Waals surface area contributed by atoms with Gasteiger partial charge in [0.05, 0.1) is 24.9 Å². The second-order valence-corrected chi connectivity index (χ2v) is 5.71. The van der Waals surface area contributed by atoms with E-state index in [4.69, 9.17) is 4.74 Å². The standard InChI is InChI=1S/C14H27N3O2/c1-4-12-15-14(3,5-2)13(18)17(12)7-6-16-8-10-19-11-9-16/h12,15H,4-11H2,1-3H3. The fourth-order valence-corrected chi connectivity index (χ4v) is 2.87. The first-order chi connectivity index (χ1) is 9.10. The van der Waals surface area contributed by atoms with Gasteiger partial charge in [-0.25, -0.2) is 0 Å². The van der Waals surface area contributed by atoms with E-state index < -0.39 is 0 Å². The third-order valence-corrected chi connectivity index (χ3v) is 4.45. The summed E-state index contributed by atoms with van der Waals surface area (Å²) in [5, 5.41) is 3.49. The Hall–Kier alpha value is -0.650. The van der Waals surface area contributed by atoms with Crippen LogP contribution in [0.3, 0.4) is 0 Å². The second kappa shape index (κ2) is 6.20. The highest BCUT2D eigenvalue weighted by molar-refractivity contribution is 5.88. The summed E-state index contributed by atoms with van der Waals surface area (Å²) < 4.78 is 5.35. The zero-order chi connectivity index (χ0) is 13.9. The molecular formula is C14H27N3O2. The molecule has 2 unspecified atom stereocenters. The molecule has 2 aliphatic rings. The SMILES string of the molecule is CCC1NC(C)(CC)C(=O)N1CCN1CCOCC1. The zero-order valence-corrected chi connectivity index (χ0v) is 12.4. The zero-order valence-electron chi connectivity index (χ0n) is 12.4. The summed E-state index contributed by atoms with van der Waals surface area (Å²) in [6.45, 7) is 11.6. The van der Waals surface area contributed by atoms with Crippen molar-refractivity contribution in [3.05, 3.63) is 0 Å². The van der Waals surface area contributed by atoms with E-state index in [1.54, 1.807) is 0 Å². The Labute approximate surface area is 116 Å². The molecule has 2 saturated heterocycles. The van der Waals surface area contributed by atoms with Crippen LogP contribution in [0.15, 0.2) is 0 Å². The van der Waals surface area contributed by atoms with Crippen LogP contribution in [0, 0.1) is 0 Å². The highest BCUT2D eigenvalue weighted by Gasteiger charge is 2.45. The van der Waals surface area contributed by atoms with Crippen LogP contribution in [-0.2, 0) is 9.53 Å². The van der Waals surface area contributed by atoms with Crippen LogP contribution < -0.4 is 5.32 Å². The Balaban J connectivity index is 1.92. The molecular weight excluding hydrogens is 242 g/mol. The van der Waals surface area contributed by atoms with E-state index >= 15 is 0 Å². The van der Waals surface area contributed by atoms with E-state index in [2.05, 4.69) is 24.1 Å². The van der Waals surface area contributed by atoms with Crippen LogP contribution in [0.25, 0.3) is 0 Å². The first-order valence-electron chi connectivity index (χ1n) is 7.49. The highest BCUT2D eigenvalue weighted by atomic mass is 16.5. The number of rotatable bonds is 5. The van der Waals surface area contributed by atoms with E-state index in [1.165, 1.54) is 0 Å². The first kappa shape index (κ1) is 14.8. The van der Waals surface area contributed by atoms with Crippen molar-refractivity contribution in [2.45, 2.75) is 45.3 Å². The minimum absolute atomic E-state index is 0.193. The van der Waals surface area contributed by atoms with Crippen molar-refractivity contribution >= 4 is 5.91 Å². The van der Waals surface area contributed by atoms with Crippen molar-refractivity contribution in [2.75, 3.05) is 39.4 Å². The van der Waals surface area contributed by atoms with Gasteiger partial charge in [0.25, 0.3) is 0 Å². The maximum atomic E-state index is 12.5. The highest BCUT2D eigenvalue weighted by Crippen LogP contribution is 2.24. The molecule has 0 radical (unpaired) electrons. The number of hydrogen-bond acceptors (Lipinski definition) is 4. The molecule has 1 amide bonds. The molecule has 110 valence electrons. The van der Waals surface area contributed by atoms with Gasteiger partial charge in [0.2, 0.25) is 5.91 Å². The minimum atomic E-state index is -0.369. The van der Waals surface area contributed by atoms with Crippen LogP contribution in [-0.4, -0.2) is 66.8 Å². The van der Waals surface area contributed by atoms with Gasteiger partial charge in [0.1, 0.15) is 0 Å². The van der Waals surface area contributed by atoms with Gasteiger partial charge in [0, 0.05) is 26.2 Å². The number of carbonyl (C=O) groups is 1.